The number of rotatable bonds is 6. The van der Waals surface area contributed by atoms with Crippen LogP contribution in [0, 0.1) is 11.3 Å². The Balaban J connectivity index is 1.93. The predicted molar refractivity (Wildman–Crippen MR) is 63.5 cm³/mol. The Morgan fingerprint density at radius 3 is 2.43 bits per heavy atom. The second kappa shape index (κ2) is 5.16. The van der Waals surface area contributed by atoms with Crippen LogP contribution in [-0.4, -0.2) is 12.6 Å². The Hall–Kier alpha value is -0.0400. The van der Waals surface area contributed by atoms with Crippen molar-refractivity contribution in [2.45, 2.75) is 65.8 Å². The summed E-state index contributed by atoms with van der Waals surface area (Å²) in [7, 11) is 0. The van der Waals surface area contributed by atoms with Crippen molar-refractivity contribution in [2.24, 2.45) is 11.3 Å². The fraction of sp³-hybridized carbons (Fsp3) is 1.00. The van der Waals surface area contributed by atoms with E-state index in [1.165, 1.54) is 38.6 Å². The van der Waals surface area contributed by atoms with Crippen LogP contribution in [0.1, 0.15) is 59.8 Å². The van der Waals surface area contributed by atoms with Crippen molar-refractivity contribution >= 4 is 0 Å². The average Bonchev–Trinajstić information content (AvgIpc) is 2.81. The topological polar surface area (TPSA) is 12.0 Å². The van der Waals surface area contributed by atoms with Crippen LogP contribution in [0.15, 0.2) is 0 Å². The first-order valence-corrected chi connectivity index (χ1v) is 6.21. The molecule has 1 aliphatic carbocycles. The molecule has 1 nitrogen and oxygen atoms in total. The maximum absolute atomic E-state index is 3.60. The van der Waals surface area contributed by atoms with E-state index < -0.39 is 0 Å². The van der Waals surface area contributed by atoms with Crippen LogP contribution in [0.2, 0.25) is 0 Å². The van der Waals surface area contributed by atoms with Crippen molar-refractivity contribution in [1.29, 1.82) is 0 Å². The molecule has 14 heavy (non-hydrogen) atoms. The quantitative estimate of drug-likeness (QED) is 0.686. The van der Waals surface area contributed by atoms with Crippen molar-refractivity contribution in [3.05, 3.63) is 0 Å². The zero-order chi connectivity index (χ0) is 10.6. The third-order valence-electron chi connectivity index (χ3n) is 2.96. The highest BCUT2D eigenvalue weighted by molar-refractivity contribution is 4.81. The Kier molecular flexibility index (Phi) is 4.43. The molecule has 1 rings (SSSR count). The van der Waals surface area contributed by atoms with E-state index in [-0.39, 0.29) is 0 Å². The first-order chi connectivity index (χ1) is 6.47. The fourth-order valence-corrected chi connectivity index (χ4v) is 1.74. The molecule has 0 aromatic carbocycles. The first-order valence-electron chi connectivity index (χ1n) is 6.21. The van der Waals surface area contributed by atoms with Crippen LogP contribution in [-0.2, 0) is 0 Å². The van der Waals surface area contributed by atoms with E-state index in [0.29, 0.717) is 5.41 Å². The Morgan fingerprint density at radius 1 is 1.29 bits per heavy atom. The van der Waals surface area contributed by atoms with Gasteiger partial charge in [0.15, 0.2) is 0 Å². The minimum absolute atomic E-state index is 0.518. The monoisotopic (exact) mass is 197 g/mol. The molecule has 0 radical (unpaired) electrons. The number of hydrogen-bond donors (Lipinski definition) is 1. The van der Waals surface area contributed by atoms with Crippen molar-refractivity contribution < 1.29 is 0 Å². The Bertz CT molecular complexity index is 153. The minimum atomic E-state index is 0.518. The molecule has 1 fully saturated rings. The molecule has 0 heterocycles. The van der Waals surface area contributed by atoms with Crippen LogP contribution in [0.3, 0.4) is 0 Å². The summed E-state index contributed by atoms with van der Waals surface area (Å²) in [5.41, 5.74) is 0.518. The zero-order valence-corrected chi connectivity index (χ0v) is 10.4. The summed E-state index contributed by atoms with van der Waals surface area (Å²) in [5, 5.41) is 3.60. The van der Waals surface area contributed by atoms with Gasteiger partial charge in [0.05, 0.1) is 0 Å². The molecular weight excluding hydrogens is 170 g/mol. The summed E-state index contributed by atoms with van der Waals surface area (Å²) < 4.78 is 0. The average molecular weight is 197 g/mol. The van der Waals surface area contributed by atoms with Gasteiger partial charge in [0.25, 0.3) is 0 Å². The molecule has 1 unspecified atom stereocenters. The molecule has 1 atom stereocenters. The third-order valence-corrected chi connectivity index (χ3v) is 2.96. The van der Waals surface area contributed by atoms with Gasteiger partial charge in [0.1, 0.15) is 0 Å². The molecule has 0 spiro atoms. The van der Waals surface area contributed by atoms with Gasteiger partial charge in [-0.1, -0.05) is 34.1 Å². The maximum Gasteiger partial charge on any atom is 0.00683 e. The van der Waals surface area contributed by atoms with E-state index in [2.05, 4.69) is 33.0 Å². The van der Waals surface area contributed by atoms with Gasteiger partial charge >= 0.3 is 0 Å². The molecule has 1 aliphatic rings. The molecular formula is C13H27N. The van der Waals surface area contributed by atoms with E-state index in [4.69, 9.17) is 0 Å². The maximum atomic E-state index is 3.60. The van der Waals surface area contributed by atoms with E-state index in [0.717, 1.165) is 12.0 Å². The summed E-state index contributed by atoms with van der Waals surface area (Å²) >= 11 is 0. The standard InChI is InChI=1S/C13H27N/c1-11(10-14-12-7-8-12)6-5-9-13(2,3)4/h11-12,14H,5-10H2,1-4H3. The molecule has 1 saturated carbocycles. The van der Waals surface area contributed by atoms with E-state index in [1.54, 1.807) is 0 Å². The molecule has 1 heteroatoms. The normalized spacial score (nSPS) is 19.7. The first kappa shape index (κ1) is 12.0. The van der Waals surface area contributed by atoms with Gasteiger partial charge in [0, 0.05) is 6.04 Å². The van der Waals surface area contributed by atoms with Crippen LogP contribution in [0.25, 0.3) is 0 Å². The lowest BCUT2D eigenvalue weighted by Crippen LogP contribution is -2.23. The zero-order valence-electron chi connectivity index (χ0n) is 10.4. The van der Waals surface area contributed by atoms with Crippen molar-refractivity contribution in [1.82, 2.24) is 5.32 Å². The summed E-state index contributed by atoms with van der Waals surface area (Å²) in [6, 6.07) is 0.875. The minimum Gasteiger partial charge on any atom is -0.314 e. The lowest BCUT2D eigenvalue weighted by atomic mass is 9.88. The van der Waals surface area contributed by atoms with Crippen LogP contribution >= 0.6 is 0 Å². The highest BCUT2D eigenvalue weighted by Gasteiger charge is 2.20. The second-order valence-electron chi connectivity index (χ2n) is 6.24. The molecule has 0 aromatic rings. The smallest absolute Gasteiger partial charge is 0.00683 e. The number of hydrogen-bond acceptors (Lipinski definition) is 1. The van der Waals surface area contributed by atoms with Gasteiger partial charge in [-0.05, 0) is 43.6 Å². The van der Waals surface area contributed by atoms with Gasteiger partial charge in [0.2, 0.25) is 0 Å². The molecule has 0 aromatic heterocycles. The van der Waals surface area contributed by atoms with Crippen molar-refractivity contribution in [2.75, 3.05) is 6.54 Å². The van der Waals surface area contributed by atoms with Crippen LogP contribution in [0.5, 0.6) is 0 Å². The molecule has 1 N–H and O–H groups in total. The fourth-order valence-electron chi connectivity index (χ4n) is 1.74. The molecule has 0 bridgehead atoms. The highest BCUT2D eigenvalue weighted by Crippen LogP contribution is 2.23. The Morgan fingerprint density at radius 2 is 1.93 bits per heavy atom. The summed E-state index contributed by atoms with van der Waals surface area (Å²) in [4.78, 5) is 0. The molecule has 0 saturated heterocycles. The van der Waals surface area contributed by atoms with E-state index in [9.17, 15) is 0 Å². The van der Waals surface area contributed by atoms with Crippen molar-refractivity contribution in [3.63, 3.8) is 0 Å². The van der Waals surface area contributed by atoms with Crippen LogP contribution < -0.4 is 5.32 Å². The molecule has 0 amide bonds. The summed E-state index contributed by atoms with van der Waals surface area (Å²) in [5.74, 6) is 0.859. The lowest BCUT2D eigenvalue weighted by molar-refractivity contribution is 0.339. The van der Waals surface area contributed by atoms with Crippen LogP contribution in [0.4, 0.5) is 0 Å². The van der Waals surface area contributed by atoms with E-state index in [1.807, 2.05) is 0 Å². The third kappa shape index (κ3) is 6.42. The lowest BCUT2D eigenvalue weighted by Gasteiger charge is -2.19. The summed E-state index contributed by atoms with van der Waals surface area (Å²) in [6.45, 7) is 10.6. The predicted octanol–water partition coefficient (Wildman–Crippen LogP) is 3.59. The van der Waals surface area contributed by atoms with Gasteiger partial charge in [-0.2, -0.15) is 0 Å². The van der Waals surface area contributed by atoms with Gasteiger partial charge in [-0.15, -0.1) is 0 Å². The molecule has 0 aliphatic heterocycles. The van der Waals surface area contributed by atoms with Crippen molar-refractivity contribution in [3.8, 4) is 0 Å². The second-order valence-corrected chi connectivity index (χ2v) is 6.24. The Labute approximate surface area is 89.7 Å². The van der Waals surface area contributed by atoms with Gasteiger partial charge in [-0.3, -0.25) is 0 Å². The van der Waals surface area contributed by atoms with Gasteiger partial charge in [-0.25, -0.2) is 0 Å². The molecule has 84 valence electrons. The van der Waals surface area contributed by atoms with Gasteiger partial charge < -0.3 is 5.32 Å². The van der Waals surface area contributed by atoms with E-state index >= 15 is 0 Å². The SMILES string of the molecule is CC(CCCC(C)(C)C)CNC1CC1. The summed E-state index contributed by atoms with van der Waals surface area (Å²) in [6.07, 6.45) is 6.96. The number of nitrogens with one attached hydrogen (secondary N) is 1. The largest absolute Gasteiger partial charge is 0.314 e. The highest BCUT2D eigenvalue weighted by atomic mass is 14.9.